The fourth-order valence-electron chi connectivity index (χ4n) is 4.92. The van der Waals surface area contributed by atoms with Crippen molar-refractivity contribution in [2.45, 2.75) is 13.3 Å². The average molecular weight is 448 g/mol. The minimum absolute atomic E-state index is 0.197. The van der Waals surface area contributed by atoms with E-state index in [1.54, 1.807) is 0 Å². The summed E-state index contributed by atoms with van der Waals surface area (Å²) in [6.45, 7) is 9.07. The number of hydrogen-bond acceptors (Lipinski definition) is 6. The highest BCUT2D eigenvalue weighted by Crippen LogP contribution is 2.23. The zero-order chi connectivity index (χ0) is 22.9. The van der Waals surface area contributed by atoms with Crippen LogP contribution in [0.25, 0.3) is 10.9 Å². The first-order valence-electron chi connectivity index (χ1n) is 11.8. The quantitative estimate of drug-likeness (QED) is 0.609. The fourth-order valence-corrected chi connectivity index (χ4v) is 4.92. The predicted molar refractivity (Wildman–Crippen MR) is 132 cm³/mol. The molecule has 0 unspecified atom stereocenters. The van der Waals surface area contributed by atoms with E-state index >= 15 is 0 Å². The second-order valence-corrected chi connectivity index (χ2v) is 9.25. The Morgan fingerprint density at radius 3 is 2.15 bits per heavy atom. The van der Waals surface area contributed by atoms with Gasteiger partial charge in [-0.3, -0.25) is 4.79 Å². The molecule has 0 aliphatic carbocycles. The number of piperazine rings is 2. The molecule has 0 atom stereocenters. The predicted octanol–water partition coefficient (Wildman–Crippen LogP) is 1.92. The Balaban J connectivity index is 1.23. The zero-order valence-corrected chi connectivity index (χ0v) is 19.9. The number of rotatable bonds is 4. The lowest BCUT2D eigenvalue weighted by atomic mass is 10.1. The number of aromatic nitrogens is 3. The van der Waals surface area contributed by atoms with Gasteiger partial charge in [0.2, 0.25) is 5.91 Å². The van der Waals surface area contributed by atoms with E-state index in [1.165, 1.54) is 10.9 Å². The first kappa shape index (κ1) is 21.7. The lowest BCUT2D eigenvalue weighted by molar-refractivity contribution is -0.130. The third-order valence-corrected chi connectivity index (χ3v) is 6.92. The molecule has 2 aliphatic heterocycles. The number of likely N-dealkylation sites (N-methyl/N-ethyl adjacent to an activating group) is 1. The van der Waals surface area contributed by atoms with Gasteiger partial charge in [0.15, 0.2) is 0 Å². The maximum atomic E-state index is 13.1. The van der Waals surface area contributed by atoms with Gasteiger partial charge in [-0.05, 0) is 25.6 Å². The van der Waals surface area contributed by atoms with Crippen molar-refractivity contribution in [3.63, 3.8) is 0 Å². The number of carbonyl (C=O) groups excluding carboxylic acids is 1. The number of fused-ring (bicyclic) bond motifs is 1. The monoisotopic (exact) mass is 447 g/mol. The summed E-state index contributed by atoms with van der Waals surface area (Å²) >= 11 is 0. The van der Waals surface area contributed by atoms with Crippen LogP contribution in [0.1, 0.15) is 11.4 Å². The molecular formula is C25H33N7O. The van der Waals surface area contributed by atoms with Crippen LogP contribution in [0, 0.1) is 6.92 Å². The van der Waals surface area contributed by atoms with Crippen LogP contribution in [-0.4, -0.2) is 89.6 Å². The average Bonchev–Trinajstić information content (AvgIpc) is 3.14. The van der Waals surface area contributed by atoms with Crippen LogP contribution in [0.3, 0.4) is 0 Å². The van der Waals surface area contributed by atoms with Gasteiger partial charge in [-0.1, -0.05) is 18.2 Å². The van der Waals surface area contributed by atoms with E-state index in [4.69, 9.17) is 9.97 Å². The Morgan fingerprint density at radius 1 is 0.879 bits per heavy atom. The number of para-hydroxylation sites is 1. The number of carbonyl (C=O) groups is 1. The van der Waals surface area contributed by atoms with Crippen LogP contribution in [0.15, 0.2) is 36.5 Å². The third kappa shape index (κ3) is 4.53. The van der Waals surface area contributed by atoms with Crippen molar-refractivity contribution in [2.75, 3.05) is 69.2 Å². The van der Waals surface area contributed by atoms with Crippen LogP contribution < -0.4 is 9.80 Å². The van der Waals surface area contributed by atoms with Crippen LogP contribution in [0.5, 0.6) is 0 Å². The molecular weight excluding hydrogens is 414 g/mol. The number of hydrogen-bond donors (Lipinski definition) is 0. The second kappa shape index (κ2) is 9.02. The molecule has 1 aromatic carbocycles. The van der Waals surface area contributed by atoms with Gasteiger partial charge in [0, 0.05) is 82.6 Å². The molecule has 0 N–H and O–H groups in total. The Bertz CT molecular complexity index is 1140. The summed E-state index contributed by atoms with van der Waals surface area (Å²) in [5.74, 6) is 2.98. The topological polar surface area (TPSA) is 60.7 Å². The fraction of sp³-hybridized carbons (Fsp3) is 0.480. The van der Waals surface area contributed by atoms with Crippen molar-refractivity contribution in [1.82, 2.24) is 24.3 Å². The molecule has 33 heavy (non-hydrogen) atoms. The van der Waals surface area contributed by atoms with Gasteiger partial charge < -0.3 is 24.2 Å². The van der Waals surface area contributed by atoms with Gasteiger partial charge in [-0.15, -0.1) is 0 Å². The molecule has 2 fully saturated rings. The molecule has 4 heterocycles. The van der Waals surface area contributed by atoms with Crippen molar-refractivity contribution >= 4 is 28.4 Å². The van der Waals surface area contributed by atoms with E-state index in [1.807, 2.05) is 31.0 Å². The van der Waals surface area contributed by atoms with E-state index in [2.05, 4.69) is 50.7 Å². The van der Waals surface area contributed by atoms with Crippen molar-refractivity contribution in [2.24, 2.45) is 7.05 Å². The molecule has 0 radical (unpaired) electrons. The summed E-state index contributed by atoms with van der Waals surface area (Å²) in [6.07, 6.45) is 2.53. The first-order chi connectivity index (χ1) is 16.0. The summed E-state index contributed by atoms with van der Waals surface area (Å²) in [7, 11) is 4.20. The molecule has 0 bridgehead atoms. The van der Waals surface area contributed by atoms with Crippen molar-refractivity contribution < 1.29 is 4.79 Å². The molecule has 8 nitrogen and oxygen atoms in total. The van der Waals surface area contributed by atoms with E-state index in [0.29, 0.717) is 6.42 Å². The lowest BCUT2D eigenvalue weighted by Crippen LogP contribution is -2.49. The normalized spacial score (nSPS) is 17.7. The molecule has 0 saturated carbocycles. The van der Waals surface area contributed by atoms with E-state index in [0.717, 1.165) is 75.4 Å². The molecule has 0 spiro atoms. The van der Waals surface area contributed by atoms with E-state index in [-0.39, 0.29) is 5.91 Å². The molecule has 174 valence electrons. The number of benzene rings is 1. The summed E-state index contributed by atoms with van der Waals surface area (Å²) in [5, 5.41) is 1.17. The van der Waals surface area contributed by atoms with Crippen molar-refractivity contribution in [1.29, 1.82) is 0 Å². The Kier molecular flexibility index (Phi) is 5.93. The summed E-state index contributed by atoms with van der Waals surface area (Å²) in [6, 6.07) is 10.4. The molecule has 2 saturated heterocycles. The van der Waals surface area contributed by atoms with E-state index in [9.17, 15) is 4.79 Å². The van der Waals surface area contributed by atoms with Crippen molar-refractivity contribution in [3.8, 4) is 0 Å². The van der Waals surface area contributed by atoms with Gasteiger partial charge in [0.25, 0.3) is 0 Å². The molecule has 8 heteroatoms. The lowest BCUT2D eigenvalue weighted by Gasteiger charge is -2.37. The van der Waals surface area contributed by atoms with Gasteiger partial charge in [-0.2, -0.15) is 0 Å². The Labute approximate surface area is 195 Å². The first-order valence-corrected chi connectivity index (χ1v) is 11.8. The minimum Gasteiger partial charge on any atom is -0.354 e. The number of amides is 1. The van der Waals surface area contributed by atoms with Crippen LogP contribution in [-0.2, 0) is 18.3 Å². The highest BCUT2D eigenvalue weighted by molar-refractivity contribution is 5.89. The zero-order valence-electron chi connectivity index (χ0n) is 19.9. The molecule has 1 amide bonds. The summed E-state index contributed by atoms with van der Waals surface area (Å²) < 4.78 is 2.10. The highest BCUT2D eigenvalue weighted by atomic mass is 16.2. The SMILES string of the molecule is Cc1nc(N2CCN(C)CC2)cc(N2CCN(C(=O)Cc3cn(C)c4ccccc34)CC2)n1. The van der Waals surface area contributed by atoms with Crippen LogP contribution in [0.2, 0.25) is 0 Å². The molecule has 2 aliphatic rings. The van der Waals surface area contributed by atoms with Gasteiger partial charge in [0.05, 0.1) is 6.42 Å². The van der Waals surface area contributed by atoms with Gasteiger partial charge in [-0.25, -0.2) is 9.97 Å². The maximum absolute atomic E-state index is 13.1. The Morgan fingerprint density at radius 2 is 1.48 bits per heavy atom. The molecule has 2 aromatic heterocycles. The standard InChI is InChI=1S/C25H33N7O/c1-19-26-23(30-10-8-28(2)9-11-30)17-24(27-19)31-12-14-32(15-13-31)25(33)16-20-18-29(3)22-7-5-4-6-21(20)22/h4-7,17-18H,8-16H2,1-3H3. The maximum Gasteiger partial charge on any atom is 0.227 e. The summed E-state index contributed by atoms with van der Waals surface area (Å²) in [5.41, 5.74) is 2.27. The molecule has 3 aromatic rings. The number of nitrogens with zero attached hydrogens (tertiary/aromatic N) is 7. The van der Waals surface area contributed by atoms with Crippen molar-refractivity contribution in [3.05, 3.63) is 47.9 Å². The summed E-state index contributed by atoms with van der Waals surface area (Å²) in [4.78, 5) is 31.5. The van der Waals surface area contributed by atoms with E-state index < -0.39 is 0 Å². The number of aryl methyl sites for hydroxylation is 2. The second-order valence-electron chi connectivity index (χ2n) is 9.25. The largest absolute Gasteiger partial charge is 0.354 e. The van der Waals surface area contributed by atoms with Gasteiger partial charge >= 0.3 is 0 Å². The van der Waals surface area contributed by atoms with Crippen LogP contribution in [0.4, 0.5) is 11.6 Å². The van der Waals surface area contributed by atoms with Crippen LogP contribution >= 0.6 is 0 Å². The third-order valence-electron chi connectivity index (χ3n) is 6.92. The highest BCUT2D eigenvalue weighted by Gasteiger charge is 2.24. The molecule has 5 rings (SSSR count). The smallest absolute Gasteiger partial charge is 0.227 e. The van der Waals surface area contributed by atoms with Gasteiger partial charge in [0.1, 0.15) is 17.5 Å². The minimum atomic E-state index is 0.197. The number of anilines is 2. The Hall–Kier alpha value is -3.13.